The zero-order valence-electron chi connectivity index (χ0n) is 16.5. The van der Waals surface area contributed by atoms with Crippen molar-refractivity contribution in [2.24, 2.45) is 0 Å². The molecule has 9 heteroatoms. The Morgan fingerprint density at radius 1 is 1.17 bits per heavy atom. The SMILES string of the molecule is CCCc1cc(=O)[nH]c(SCC(=O)Nc2ccc(C(=O)OCCOCC)cc2)n1. The molecule has 2 N–H and O–H groups in total. The van der Waals surface area contributed by atoms with Crippen molar-refractivity contribution >= 4 is 29.3 Å². The van der Waals surface area contributed by atoms with Gasteiger partial charge in [0.1, 0.15) is 6.61 Å². The number of aromatic nitrogens is 2. The van der Waals surface area contributed by atoms with Crippen molar-refractivity contribution in [2.75, 3.05) is 30.9 Å². The molecule has 2 rings (SSSR count). The van der Waals surface area contributed by atoms with Gasteiger partial charge in [-0.25, -0.2) is 9.78 Å². The smallest absolute Gasteiger partial charge is 0.338 e. The molecule has 0 spiro atoms. The molecule has 0 atom stereocenters. The van der Waals surface area contributed by atoms with Gasteiger partial charge in [-0.05, 0) is 37.6 Å². The molecule has 0 radical (unpaired) electrons. The maximum absolute atomic E-state index is 12.1. The molecule has 0 fully saturated rings. The number of nitrogens with zero attached hydrogens (tertiary/aromatic N) is 1. The van der Waals surface area contributed by atoms with Gasteiger partial charge in [-0.1, -0.05) is 25.1 Å². The predicted molar refractivity (Wildman–Crippen MR) is 111 cm³/mol. The number of thioether (sulfide) groups is 1. The van der Waals surface area contributed by atoms with Crippen LogP contribution in [0, 0.1) is 0 Å². The lowest BCUT2D eigenvalue weighted by Crippen LogP contribution is -2.16. The summed E-state index contributed by atoms with van der Waals surface area (Å²) in [5.41, 5.74) is 1.43. The molecule has 8 nitrogen and oxygen atoms in total. The van der Waals surface area contributed by atoms with Crippen molar-refractivity contribution in [1.82, 2.24) is 9.97 Å². The van der Waals surface area contributed by atoms with Crippen LogP contribution >= 0.6 is 11.8 Å². The van der Waals surface area contributed by atoms with Crippen molar-refractivity contribution < 1.29 is 19.1 Å². The van der Waals surface area contributed by atoms with E-state index in [0.29, 0.717) is 41.7 Å². The van der Waals surface area contributed by atoms with E-state index in [0.717, 1.165) is 18.2 Å². The number of carbonyl (C=O) groups is 2. The van der Waals surface area contributed by atoms with E-state index in [9.17, 15) is 14.4 Å². The van der Waals surface area contributed by atoms with Crippen LogP contribution in [0.5, 0.6) is 0 Å². The summed E-state index contributed by atoms with van der Waals surface area (Å²) in [7, 11) is 0. The maximum atomic E-state index is 12.1. The van der Waals surface area contributed by atoms with Crippen LogP contribution in [0.4, 0.5) is 5.69 Å². The maximum Gasteiger partial charge on any atom is 0.338 e. The molecule has 0 bridgehead atoms. The van der Waals surface area contributed by atoms with Gasteiger partial charge in [0.25, 0.3) is 5.56 Å². The molecule has 0 unspecified atom stereocenters. The molecule has 0 aliphatic heterocycles. The topological polar surface area (TPSA) is 110 Å². The van der Waals surface area contributed by atoms with Gasteiger partial charge in [-0.2, -0.15) is 0 Å². The normalized spacial score (nSPS) is 10.6. The first-order chi connectivity index (χ1) is 14.0. The fourth-order valence-corrected chi connectivity index (χ4v) is 3.07. The van der Waals surface area contributed by atoms with Gasteiger partial charge < -0.3 is 19.8 Å². The van der Waals surface area contributed by atoms with Crippen LogP contribution in [0.15, 0.2) is 40.3 Å². The lowest BCUT2D eigenvalue weighted by Gasteiger charge is -2.07. The number of nitrogens with one attached hydrogen (secondary N) is 2. The molecule has 1 aromatic heterocycles. The zero-order valence-corrected chi connectivity index (χ0v) is 17.3. The van der Waals surface area contributed by atoms with Crippen molar-refractivity contribution in [1.29, 1.82) is 0 Å². The Balaban J connectivity index is 1.83. The number of rotatable bonds is 11. The highest BCUT2D eigenvalue weighted by Gasteiger charge is 2.09. The van der Waals surface area contributed by atoms with Crippen LogP contribution in [-0.2, 0) is 20.7 Å². The third-order valence-electron chi connectivity index (χ3n) is 3.69. The number of H-pyrrole nitrogens is 1. The monoisotopic (exact) mass is 419 g/mol. The Hall–Kier alpha value is -2.65. The molecule has 29 heavy (non-hydrogen) atoms. The van der Waals surface area contributed by atoms with Gasteiger partial charge in [0.2, 0.25) is 5.91 Å². The number of aromatic amines is 1. The Kier molecular flexibility index (Phi) is 9.39. The van der Waals surface area contributed by atoms with Crippen molar-refractivity contribution in [3.63, 3.8) is 0 Å². The van der Waals surface area contributed by atoms with Gasteiger partial charge in [-0.15, -0.1) is 0 Å². The summed E-state index contributed by atoms with van der Waals surface area (Å²) in [6.45, 7) is 5.00. The average Bonchev–Trinajstić information content (AvgIpc) is 2.70. The highest BCUT2D eigenvalue weighted by Crippen LogP contribution is 2.14. The Labute approximate surface area is 173 Å². The number of hydrogen-bond donors (Lipinski definition) is 2. The number of amides is 1. The van der Waals surface area contributed by atoms with Crippen molar-refractivity contribution in [3.05, 3.63) is 51.9 Å². The number of carbonyl (C=O) groups excluding carboxylic acids is 2. The number of esters is 1. The van der Waals surface area contributed by atoms with Crippen LogP contribution in [0.1, 0.15) is 36.3 Å². The summed E-state index contributed by atoms with van der Waals surface area (Å²) in [5.74, 6) is -0.592. The fourth-order valence-electron chi connectivity index (χ4n) is 2.38. The molecular weight excluding hydrogens is 394 g/mol. The molecule has 1 heterocycles. The Bertz CT molecular complexity index is 867. The second-order valence-corrected chi connectivity index (χ2v) is 7.00. The second-order valence-electron chi connectivity index (χ2n) is 6.04. The molecule has 1 amide bonds. The summed E-state index contributed by atoms with van der Waals surface area (Å²) in [4.78, 5) is 42.7. The van der Waals surface area contributed by atoms with Gasteiger partial charge >= 0.3 is 5.97 Å². The van der Waals surface area contributed by atoms with E-state index in [1.54, 1.807) is 24.3 Å². The van der Waals surface area contributed by atoms with E-state index in [1.807, 2.05) is 13.8 Å². The average molecular weight is 420 g/mol. The zero-order chi connectivity index (χ0) is 21.1. The fraction of sp³-hybridized carbons (Fsp3) is 0.400. The number of hydrogen-bond acceptors (Lipinski definition) is 7. The summed E-state index contributed by atoms with van der Waals surface area (Å²) in [6.07, 6.45) is 1.60. The Morgan fingerprint density at radius 3 is 2.62 bits per heavy atom. The molecule has 0 saturated carbocycles. The summed E-state index contributed by atoms with van der Waals surface area (Å²) in [5, 5.41) is 3.16. The van der Waals surface area contributed by atoms with E-state index in [-0.39, 0.29) is 23.8 Å². The minimum Gasteiger partial charge on any atom is -0.460 e. The minimum atomic E-state index is -0.444. The van der Waals surface area contributed by atoms with Crippen LogP contribution in [-0.4, -0.2) is 47.4 Å². The number of anilines is 1. The highest BCUT2D eigenvalue weighted by atomic mass is 32.2. The van der Waals surface area contributed by atoms with Crippen LogP contribution in [0.2, 0.25) is 0 Å². The molecule has 1 aromatic carbocycles. The van der Waals surface area contributed by atoms with Gasteiger partial charge in [0.05, 0.1) is 17.9 Å². The van der Waals surface area contributed by atoms with Gasteiger partial charge in [0.15, 0.2) is 5.16 Å². The number of benzene rings is 1. The standard InChI is InChI=1S/C20H25N3O5S/c1-3-5-16-12-17(24)23-20(22-16)29-13-18(25)21-15-8-6-14(7-9-15)19(26)28-11-10-27-4-2/h6-9,12H,3-5,10-11,13H2,1-2H3,(H,21,25)(H,22,23,24). The van der Waals surface area contributed by atoms with E-state index < -0.39 is 5.97 Å². The van der Waals surface area contributed by atoms with Crippen molar-refractivity contribution in [2.45, 2.75) is 31.8 Å². The van der Waals surface area contributed by atoms with Crippen LogP contribution < -0.4 is 10.9 Å². The first-order valence-electron chi connectivity index (χ1n) is 9.39. The highest BCUT2D eigenvalue weighted by molar-refractivity contribution is 7.99. The largest absolute Gasteiger partial charge is 0.460 e. The van der Waals surface area contributed by atoms with Crippen LogP contribution in [0.3, 0.4) is 0 Å². The first kappa shape index (κ1) is 22.6. The van der Waals surface area contributed by atoms with Crippen molar-refractivity contribution in [3.8, 4) is 0 Å². The minimum absolute atomic E-state index is 0.0970. The van der Waals surface area contributed by atoms with E-state index in [4.69, 9.17) is 9.47 Å². The van der Waals surface area contributed by atoms with E-state index in [2.05, 4.69) is 15.3 Å². The quantitative estimate of drug-likeness (QED) is 0.249. The Morgan fingerprint density at radius 2 is 1.93 bits per heavy atom. The predicted octanol–water partition coefficient (Wildman–Crippen LogP) is 2.65. The number of aryl methyl sites for hydroxylation is 1. The summed E-state index contributed by atoms with van der Waals surface area (Å²) >= 11 is 1.16. The van der Waals surface area contributed by atoms with Gasteiger partial charge in [0, 0.05) is 24.1 Å². The molecule has 0 aliphatic rings. The molecule has 156 valence electrons. The molecule has 0 aliphatic carbocycles. The summed E-state index contributed by atoms with van der Waals surface area (Å²) < 4.78 is 10.2. The lowest BCUT2D eigenvalue weighted by molar-refractivity contribution is -0.113. The van der Waals surface area contributed by atoms with E-state index in [1.165, 1.54) is 6.07 Å². The lowest BCUT2D eigenvalue weighted by atomic mass is 10.2. The third kappa shape index (κ3) is 8.08. The summed E-state index contributed by atoms with van der Waals surface area (Å²) in [6, 6.07) is 7.89. The number of ether oxygens (including phenoxy) is 2. The van der Waals surface area contributed by atoms with Crippen LogP contribution in [0.25, 0.3) is 0 Å². The van der Waals surface area contributed by atoms with E-state index >= 15 is 0 Å². The van der Waals surface area contributed by atoms with Gasteiger partial charge in [-0.3, -0.25) is 9.59 Å². The second kappa shape index (κ2) is 12.0. The first-order valence-corrected chi connectivity index (χ1v) is 10.4. The molecule has 2 aromatic rings. The third-order valence-corrected chi connectivity index (χ3v) is 4.56. The molecule has 0 saturated heterocycles. The molecular formula is C20H25N3O5S.